The van der Waals surface area contributed by atoms with E-state index in [2.05, 4.69) is 15.0 Å². The second-order valence-electron chi connectivity index (χ2n) is 9.98. The number of aromatic nitrogens is 2. The molecule has 10 heteroatoms. The van der Waals surface area contributed by atoms with Crippen LogP contribution in [0.4, 0.5) is 10.1 Å². The molecule has 0 aliphatic heterocycles. The third-order valence-corrected chi connectivity index (χ3v) is 8.41. The zero-order valence-corrected chi connectivity index (χ0v) is 23.9. The number of fused-ring (bicyclic) bond motifs is 2. The van der Waals surface area contributed by atoms with Crippen LogP contribution in [0.3, 0.4) is 0 Å². The number of rotatable bonds is 7. The summed E-state index contributed by atoms with van der Waals surface area (Å²) in [6.45, 7) is 3.56. The van der Waals surface area contributed by atoms with Crippen molar-refractivity contribution in [1.29, 1.82) is 0 Å². The largest absolute Gasteiger partial charge is 0.455 e. The Kier molecular flexibility index (Phi) is 6.78. The molecule has 212 valence electrons. The van der Waals surface area contributed by atoms with E-state index in [1.807, 2.05) is 49.4 Å². The van der Waals surface area contributed by atoms with E-state index in [1.54, 1.807) is 19.1 Å². The molecule has 2 aromatic heterocycles. The number of furan rings is 1. The van der Waals surface area contributed by atoms with Gasteiger partial charge in [0.05, 0.1) is 28.0 Å². The molecule has 4 aromatic carbocycles. The number of nitrogens with one attached hydrogen (secondary N) is 3. The van der Waals surface area contributed by atoms with E-state index >= 15 is 0 Å². The Bertz CT molecular complexity index is 2100. The van der Waals surface area contributed by atoms with Crippen molar-refractivity contribution in [3.8, 4) is 33.8 Å². The zero-order valence-electron chi connectivity index (χ0n) is 23.1. The van der Waals surface area contributed by atoms with Gasteiger partial charge in [-0.25, -0.2) is 17.8 Å². The fourth-order valence-corrected chi connectivity index (χ4v) is 5.60. The van der Waals surface area contributed by atoms with E-state index < -0.39 is 21.7 Å². The van der Waals surface area contributed by atoms with Gasteiger partial charge in [0.2, 0.25) is 10.0 Å². The fraction of sp³-hybridized carbons (Fsp3) is 0.125. The molecule has 6 rings (SSSR count). The van der Waals surface area contributed by atoms with Crippen molar-refractivity contribution < 1.29 is 22.0 Å². The van der Waals surface area contributed by atoms with Gasteiger partial charge in [0.25, 0.3) is 5.91 Å². The Morgan fingerprint density at radius 3 is 2.48 bits per heavy atom. The van der Waals surface area contributed by atoms with Crippen LogP contribution in [0.5, 0.6) is 0 Å². The molecule has 1 amide bonds. The topological polar surface area (TPSA) is 117 Å². The summed E-state index contributed by atoms with van der Waals surface area (Å²) in [6, 6.07) is 22.5. The summed E-state index contributed by atoms with van der Waals surface area (Å²) in [6.07, 6.45) is 0. The Labute approximate surface area is 241 Å². The molecule has 0 saturated carbocycles. The van der Waals surface area contributed by atoms with Gasteiger partial charge in [-0.15, -0.1) is 0 Å². The number of anilines is 1. The number of nitrogens with zero attached hydrogens (tertiary/aromatic N) is 1. The van der Waals surface area contributed by atoms with Crippen LogP contribution in [0.1, 0.15) is 22.8 Å². The number of hydrogen-bond donors (Lipinski definition) is 3. The second kappa shape index (κ2) is 10.5. The molecule has 2 heterocycles. The predicted octanol–water partition coefficient (Wildman–Crippen LogP) is 6.88. The lowest BCUT2D eigenvalue weighted by atomic mass is 9.97. The summed E-state index contributed by atoms with van der Waals surface area (Å²) >= 11 is 0. The minimum absolute atomic E-state index is 0.134. The summed E-state index contributed by atoms with van der Waals surface area (Å²) in [5, 5.41) is 3.13. The molecule has 0 unspecified atom stereocenters. The Balaban J connectivity index is 1.57. The lowest BCUT2D eigenvalue weighted by Gasteiger charge is -2.13. The number of aryl methyl sites for hydroxylation is 1. The van der Waals surface area contributed by atoms with E-state index in [0.717, 1.165) is 22.2 Å². The summed E-state index contributed by atoms with van der Waals surface area (Å²) in [7, 11) is -2.16. The maximum Gasteiger partial charge on any atom is 0.255 e. The number of carbonyl (C=O) groups excluding carboxylic acids is 1. The molecular formula is C32H27FN4O4S. The monoisotopic (exact) mass is 582 g/mol. The van der Waals surface area contributed by atoms with Crippen molar-refractivity contribution >= 4 is 43.6 Å². The number of imidazole rings is 1. The first-order valence-electron chi connectivity index (χ1n) is 13.3. The van der Waals surface area contributed by atoms with Crippen molar-refractivity contribution in [3.05, 3.63) is 95.8 Å². The van der Waals surface area contributed by atoms with Crippen LogP contribution in [0.15, 0.2) is 83.3 Å². The minimum Gasteiger partial charge on any atom is -0.455 e. The Morgan fingerprint density at radius 2 is 1.74 bits per heavy atom. The van der Waals surface area contributed by atoms with Crippen molar-refractivity contribution in [3.63, 3.8) is 0 Å². The lowest BCUT2D eigenvalue weighted by molar-refractivity contribution is 0.0964. The van der Waals surface area contributed by atoms with Crippen molar-refractivity contribution in [2.75, 3.05) is 17.5 Å². The number of hydrogen-bond acceptors (Lipinski definition) is 5. The molecule has 0 aliphatic rings. The first-order valence-corrected chi connectivity index (χ1v) is 15.0. The molecule has 0 atom stereocenters. The van der Waals surface area contributed by atoms with Gasteiger partial charge in [-0.3, -0.25) is 9.52 Å². The predicted molar refractivity (Wildman–Crippen MR) is 163 cm³/mol. The van der Waals surface area contributed by atoms with Gasteiger partial charge in [-0.1, -0.05) is 24.3 Å². The third-order valence-electron chi connectivity index (χ3n) is 7.12. The summed E-state index contributed by atoms with van der Waals surface area (Å²) in [4.78, 5) is 21.2. The third kappa shape index (κ3) is 5.01. The molecule has 0 aliphatic carbocycles. The molecular weight excluding hydrogens is 555 g/mol. The second-order valence-corrected chi connectivity index (χ2v) is 12.0. The maximum absolute atomic E-state index is 13.7. The van der Waals surface area contributed by atoms with Crippen LogP contribution >= 0.6 is 0 Å². The normalized spacial score (nSPS) is 11.7. The highest BCUT2D eigenvalue weighted by molar-refractivity contribution is 7.92. The molecule has 0 bridgehead atoms. The summed E-state index contributed by atoms with van der Waals surface area (Å²) in [5.74, 6) is -0.0355. The number of halogens is 1. The van der Waals surface area contributed by atoms with Gasteiger partial charge >= 0.3 is 0 Å². The quantitative estimate of drug-likeness (QED) is 0.190. The molecule has 0 radical (unpaired) electrons. The average molecular weight is 583 g/mol. The molecule has 8 nitrogen and oxygen atoms in total. The molecule has 0 saturated heterocycles. The van der Waals surface area contributed by atoms with Crippen molar-refractivity contribution in [2.45, 2.75) is 13.8 Å². The molecule has 0 fully saturated rings. The van der Waals surface area contributed by atoms with E-state index in [9.17, 15) is 17.6 Å². The van der Waals surface area contributed by atoms with Gasteiger partial charge in [-0.05, 0) is 73.5 Å². The molecule has 42 heavy (non-hydrogen) atoms. The minimum atomic E-state index is -3.67. The summed E-state index contributed by atoms with van der Waals surface area (Å²) in [5.41, 5.74) is 6.27. The zero-order chi connectivity index (χ0) is 29.6. The molecule has 3 N–H and O–H groups in total. The number of benzene rings is 4. The van der Waals surface area contributed by atoms with Crippen LogP contribution < -0.4 is 10.0 Å². The SMILES string of the molecule is CCS(=O)(=O)Nc1cc2oc(-c3ccc(F)cc3)c(C(=O)NC)c2cc1-c1cccc(-c2nc3ccc(C)cc3[nH]2)c1. The summed E-state index contributed by atoms with van der Waals surface area (Å²) < 4.78 is 47.9. The van der Waals surface area contributed by atoms with Crippen LogP contribution in [-0.2, 0) is 10.0 Å². The van der Waals surface area contributed by atoms with Crippen LogP contribution in [0, 0.1) is 12.7 Å². The van der Waals surface area contributed by atoms with Gasteiger partial charge in [0.1, 0.15) is 23.0 Å². The van der Waals surface area contributed by atoms with Crippen LogP contribution in [0.2, 0.25) is 0 Å². The standard InChI is InChI=1S/C32H27FN4O4S/c1-4-42(39,40)37-26-17-28-24(29(32(38)34-3)30(41-28)19-9-11-22(33)12-10-19)16-23(26)20-6-5-7-21(15-20)31-35-25-13-8-18(2)14-27(25)36-31/h5-17,37H,4H2,1-3H3,(H,34,38)(H,35,36). The van der Waals surface area contributed by atoms with Gasteiger partial charge in [0, 0.05) is 35.2 Å². The van der Waals surface area contributed by atoms with Crippen molar-refractivity contribution in [1.82, 2.24) is 15.3 Å². The number of amides is 1. The smallest absolute Gasteiger partial charge is 0.255 e. The van der Waals surface area contributed by atoms with Crippen molar-refractivity contribution in [2.24, 2.45) is 0 Å². The van der Waals surface area contributed by atoms with Gasteiger partial charge < -0.3 is 14.7 Å². The highest BCUT2D eigenvalue weighted by Crippen LogP contribution is 2.41. The van der Waals surface area contributed by atoms with E-state index in [1.165, 1.54) is 31.3 Å². The van der Waals surface area contributed by atoms with E-state index in [0.29, 0.717) is 39.2 Å². The lowest BCUT2D eigenvalue weighted by Crippen LogP contribution is -2.18. The maximum atomic E-state index is 13.7. The first kappa shape index (κ1) is 27.2. The van der Waals surface area contributed by atoms with Crippen LogP contribution in [-0.4, -0.2) is 37.1 Å². The van der Waals surface area contributed by atoms with Gasteiger partial charge in [0.15, 0.2) is 0 Å². The first-order chi connectivity index (χ1) is 20.2. The number of sulfonamides is 1. The number of H-pyrrole nitrogens is 1. The number of carbonyl (C=O) groups is 1. The highest BCUT2D eigenvalue weighted by Gasteiger charge is 2.24. The number of aromatic amines is 1. The highest BCUT2D eigenvalue weighted by atomic mass is 32.2. The average Bonchev–Trinajstić information content (AvgIpc) is 3.57. The Morgan fingerprint density at radius 1 is 0.976 bits per heavy atom. The fourth-order valence-electron chi connectivity index (χ4n) is 4.96. The van der Waals surface area contributed by atoms with Crippen LogP contribution in [0.25, 0.3) is 55.8 Å². The Hall–Kier alpha value is -4.96. The van der Waals surface area contributed by atoms with Gasteiger partial charge in [-0.2, -0.15) is 0 Å². The van der Waals surface area contributed by atoms with E-state index in [-0.39, 0.29) is 17.1 Å². The molecule has 6 aromatic rings. The molecule has 0 spiro atoms. The van der Waals surface area contributed by atoms with E-state index in [4.69, 9.17) is 9.40 Å².